The molecule has 1 aromatic carbocycles. The van der Waals surface area contributed by atoms with Crippen LogP contribution < -0.4 is 27.3 Å². The van der Waals surface area contributed by atoms with Crippen LogP contribution in [0, 0.1) is 0 Å². The number of hydrogen-bond donors (Lipinski definition) is 1. The molecule has 0 saturated carbocycles. The van der Waals surface area contributed by atoms with E-state index in [4.69, 9.17) is 10.5 Å². The quantitative estimate of drug-likeness (QED) is 0.527. The third-order valence-electron chi connectivity index (χ3n) is 2.93. The number of para-hydroxylation sites is 2. The van der Waals surface area contributed by atoms with Gasteiger partial charge in [0, 0.05) is 0 Å². The lowest BCUT2D eigenvalue weighted by Crippen LogP contribution is -3.00. The number of imidazole rings is 1. The molecule has 0 bridgehead atoms. The van der Waals surface area contributed by atoms with Crippen molar-refractivity contribution in [2.24, 2.45) is 0 Å². The van der Waals surface area contributed by atoms with Gasteiger partial charge in [0.25, 0.3) is 0 Å². The van der Waals surface area contributed by atoms with Gasteiger partial charge in [0.05, 0.1) is 13.2 Å². The number of carbonyl (C=O) groups is 1. The Morgan fingerprint density at radius 1 is 1.37 bits per heavy atom. The third kappa shape index (κ3) is 2.89. The average Bonchev–Trinajstić information content (AvgIpc) is 2.63. The fourth-order valence-corrected chi connectivity index (χ4v) is 2.15. The van der Waals surface area contributed by atoms with Gasteiger partial charge in [-0.1, -0.05) is 12.1 Å². The van der Waals surface area contributed by atoms with Gasteiger partial charge in [0.2, 0.25) is 0 Å². The lowest BCUT2D eigenvalue weighted by atomic mass is 10.3. The number of nitrogen functional groups attached to an aromatic ring is 1. The number of benzene rings is 1. The summed E-state index contributed by atoms with van der Waals surface area (Å²) < 4.78 is 8.74. The molecular weight excluding hydrogens is 310 g/mol. The molecule has 0 unspecified atom stereocenters. The van der Waals surface area contributed by atoms with Gasteiger partial charge >= 0.3 is 11.9 Å². The number of aromatic nitrogens is 2. The van der Waals surface area contributed by atoms with E-state index in [1.165, 1.54) is 0 Å². The number of aryl methyl sites for hydroxylation is 1. The maximum Gasteiger partial charge on any atom is 0.356 e. The zero-order chi connectivity index (χ0) is 13.1. The van der Waals surface area contributed by atoms with Crippen molar-refractivity contribution in [1.82, 2.24) is 4.57 Å². The van der Waals surface area contributed by atoms with Crippen LogP contribution in [0.15, 0.2) is 24.3 Å². The number of hydrogen-bond acceptors (Lipinski definition) is 3. The first kappa shape index (κ1) is 15.5. The lowest BCUT2D eigenvalue weighted by molar-refractivity contribution is -0.646. The van der Waals surface area contributed by atoms with Gasteiger partial charge in [0.15, 0.2) is 6.54 Å². The van der Waals surface area contributed by atoms with Gasteiger partial charge in [0.1, 0.15) is 11.0 Å². The van der Waals surface area contributed by atoms with Crippen molar-refractivity contribution in [2.75, 3.05) is 12.3 Å². The van der Waals surface area contributed by atoms with Crippen LogP contribution in [0.2, 0.25) is 0 Å². The first-order valence-electron chi connectivity index (χ1n) is 6.11. The Labute approximate surface area is 122 Å². The summed E-state index contributed by atoms with van der Waals surface area (Å²) in [7, 11) is 0. The zero-order valence-electron chi connectivity index (χ0n) is 11.1. The maximum atomic E-state index is 11.6. The Hall–Kier alpha value is -1.56. The minimum atomic E-state index is -0.270. The minimum absolute atomic E-state index is 0. The first-order valence-corrected chi connectivity index (χ1v) is 6.11. The normalized spacial score (nSPS) is 10.2. The number of anilines is 1. The van der Waals surface area contributed by atoms with Crippen LogP contribution in [0.4, 0.5) is 5.95 Å². The number of esters is 1. The Bertz CT molecular complexity index is 581. The highest BCUT2D eigenvalue weighted by Gasteiger charge is 2.21. The van der Waals surface area contributed by atoms with Crippen LogP contribution in [0.3, 0.4) is 0 Å². The van der Waals surface area contributed by atoms with Gasteiger partial charge in [-0.3, -0.25) is 5.73 Å². The standard InChI is InChI=1S/C13H17N3O2.BrH/c1-3-15-10-7-5-6-8-11(10)16(13(15)14)9-12(17)18-4-2;/h5-8,14H,3-4,9H2,1-2H3;1H. The molecule has 2 N–H and O–H groups in total. The molecule has 0 radical (unpaired) electrons. The van der Waals surface area contributed by atoms with Crippen molar-refractivity contribution < 1.29 is 31.1 Å². The molecule has 0 saturated heterocycles. The van der Waals surface area contributed by atoms with E-state index in [1.54, 1.807) is 11.5 Å². The number of carbonyl (C=O) groups excluding carboxylic acids is 1. The summed E-state index contributed by atoms with van der Waals surface area (Å²) in [6, 6.07) is 7.85. The van der Waals surface area contributed by atoms with Gasteiger partial charge in [-0.25, -0.2) is 13.9 Å². The Morgan fingerprint density at radius 3 is 2.68 bits per heavy atom. The van der Waals surface area contributed by atoms with E-state index in [2.05, 4.69) is 0 Å². The second-order valence-corrected chi connectivity index (χ2v) is 3.98. The molecular formula is C13H18BrN3O2. The molecule has 0 fully saturated rings. The lowest BCUT2D eigenvalue weighted by Gasteiger charge is -2.01. The number of ether oxygens (including phenoxy) is 1. The van der Waals surface area contributed by atoms with Gasteiger partial charge in [-0.05, 0) is 26.0 Å². The summed E-state index contributed by atoms with van der Waals surface area (Å²) in [6.45, 7) is 5.11. The van der Waals surface area contributed by atoms with E-state index in [-0.39, 0.29) is 29.5 Å². The summed E-state index contributed by atoms with van der Waals surface area (Å²) in [6.07, 6.45) is 0. The molecule has 0 amide bonds. The van der Waals surface area contributed by atoms with Crippen molar-refractivity contribution >= 4 is 23.0 Å². The number of nitrogens with two attached hydrogens (primary N) is 1. The summed E-state index contributed by atoms with van der Waals surface area (Å²) in [4.78, 5) is 11.6. The van der Waals surface area contributed by atoms with Gasteiger partial charge in [-0.15, -0.1) is 0 Å². The molecule has 1 heterocycles. The van der Waals surface area contributed by atoms with E-state index in [0.29, 0.717) is 12.6 Å². The monoisotopic (exact) mass is 327 g/mol. The molecule has 0 aliphatic rings. The molecule has 1 aromatic heterocycles. The second kappa shape index (κ2) is 6.56. The predicted octanol–water partition coefficient (Wildman–Crippen LogP) is -1.90. The van der Waals surface area contributed by atoms with Crippen LogP contribution in [0.1, 0.15) is 13.8 Å². The second-order valence-electron chi connectivity index (χ2n) is 3.98. The number of fused-ring (bicyclic) bond motifs is 1. The first-order chi connectivity index (χ1) is 8.69. The van der Waals surface area contributed by atoms with Crippen molar-refractivity contribution in [3.63, 3.8) is 0 Å². The molecule has 2 aromatic rings. The summed E-state index contributed by atoms with van der Waals surface area (Å²) in [5, 5.41) is 0. The molecule has 104 valence electrons. The molecule has 0 atom stereocenters. The summed E-state index contributed by atoms with van der Waals surface area (Å²) in [5.74, 6) is 0.306. The van der Waals surface area contributed by atoms with Crippen molar-refractivity contribution in [1.29, 1.82) is 0 Å². The van der Waals surface area contributed by atoms with Crippen LogP contribution in [-0.4, -0.2) is 17.1 Å². The van der Waals surface area contributed by atoms with Crippen molar-refractivity contribution in [3.8, 4) is 0 Å². The summed E-state index contributed by atoms with van der Waals surface area (Å²) in [5.41, 5.74) is 8.07. The fourth-order valence-electron chi connectivity index (χ4n) is 2.15. The number of nitrogens with zero attached hydrogens (tertiary/aromatic N) is 2. The van der Waals surface area contributed by atoms with Crippen LogP contribution >= 0.6 is 0 Å². The highest BCUT2D eigenvalue weighted by molar-refractivity contribution is 5.75. The largest absolute Gasteiger partial charge is 1.00 e. The SMILES string of the molecule is CCOC(=O)C[n+]1c(N)n(CC)c2ccccc21.[Br-]. The van der Waals surface area contributed by atoms with E-state index in [0.717, 1.165) is 17.6 Å². The van der Waals surface area contributed by atoms with Crippen molar-refractivity contribution in [2.45, 2.75) is 26.9 Å². The Kier molecular flexibility index (Phi) is 5.35. The Morgan fingerprint density at radius 2 is 2.05 bits per heavy atom. The topological polar surface area (TPSA) is 61.1 Å². The molecule has 0 aliphatic heterocycles. The number of halogens is 1. The molecule has 6 heteroatoms. The average molecular weight is 328 g/mol. The molecule has 19 heavy (non-hydrogen) atoms. The minimum Gasteiger partial charge on any atom is -1.00 e. The highest BCUT2D eigenvalue weighted by Crippen LogP contribution is 2.15. The predicted molar refractivity (Wildman–Crippen MR) is 68.9 cm³/mol. The molecule has 5 nitrogen and oxygen atoms in total. The fraction of sp³-hybridized carbons (Fsp3) is 0.385. The Balaban J connectivity index is 0.00000180. The third-order valence-corrected chi connectivity index (χ3v) is 2.93. The van der Waals surface area contributed by atoms with E-state index in [1.807, 2.05) is 35.8 Å². The van der Waals surface area contributed by atoms with Gasteiger partial charge < -0.3 is 21.7 Å². The molecule has 0 aliphatic carbocycles. The molecule has 2 rings (SSSR count). The van der Waals surface area contributed by atoms with Gasteiger partial charge in [-0.2, -0.15) is 0 Å². The van der Waals surface area contributed by atoms with Crippen LogP contribution in [0.5, 0.6) is 0 Å². The zero-order valence-corrected chi connectivity index (χ0v) is 12.7. The number of rotatable bonds is 4. The highest BCUT2D eigenvalue weighted by atomic mass is 79.9. The molecule has 0 spiro atoms. The van der Waals surface area contributed by atoms with Crippen LogP contribution in [-0.2, 0) is 22.6 Å². The van der Waals surface area contributed by atoms with E-state index in [9.17, 15) is 4.79 Å². The van der Waals surface area contributed by atoms with E-state index < -0.39 is 0 Å². The summed E-state index contributed by atoms with van der Waals surface area (Å²) >= 11 is 0. The maximum absolute atomic E-state index is 11.6. The van der Waals surface area contributed by atoms with E-state index >= 15 is 0 Å². The smallest absolute Gasteiger partial charge is 0.356 e. The van der Waals surface area contributed by atoms with Crippen LogP contribution in [0.25, 0.3) is 11.0 Å². The van der Waals surface area contributed by atoms with Crippen molar-refractivity contribution in [3.05, 3.63) is 24.3 Å².